The number of halogens is 1. The van der Waals surface area contributed by atoms with Crippen molar-refractivity contribution in [2.24, 2.45) is 0 Å². The summed E-state index contributed by atoms with van der Waals surface area (Å²) in [6.07, 6.45) is 4.53. The third kappa shape index (κ3) is 4.39. The van der Waals surface area contributed by atoms with Crippen LogP contribution in [0, 0.1) is 0 Å². The van der Waals surface area contributed by atoms with E-state index in [9.17, 15) is 4.79 Å². The first-order valence-electron chi connectivity index (χ1n) is 7.46. The van der Waals surface area contributed by atoms with Crippen molar-refractivity contribution in [2.75, 3.05) is 5.32 Å². The third-order valence-electron chi connectivity index (χ3n) is 3.44. The zero-order valence-electron chi connectivity index (χ0n) is 13.0. The summed E-state index contributed by atoms with van der Waals surface area (Å²) < 4.78 is 1.76. The van der Waals surface area contributed by atoms with E-state index in [2.05, 4.69) is 20.6 Å². The molecule has 0 saturated carbocycles. The maximum atomic E-state index is 12.1. The van der Waals surface area contributed by atoms with Crippen LogP contribution in [0.1, 0.15) is 30.0 Å². The van der Waals surface area contributed by atoms with Crippen molar-refractivity contribution < 1.29 is 4.79 Å². The average Bonchev–Trinajstić information content (AvgIpc) is 3.21. The summed E-state index contributed by atoms with van der Waals surface area (Å²) in [6, 6.07) is 9.42. The minimum atomic E-state index is -0.104. The van der Waals surface area contributed by atoms with Crippen molar-refractivity contribution in [3.8, 4) is 0 Å². The van der Waals surface area contributed by atoms with E-state index in [0.717, 1.165) is 10.6 Å². The predicted octanol–water partition coefficient (Wildman–Crippen LogP) is 3.57. The van der Waals surface area contributed by atoms with Gasteiger partial charge in [-0.2, -0.15) is 5.10 Å². The molecule has 124 valence electrons. The second kappa shape index (κ2) is 7.55. The number of amides is 1. The standard InChI is InChI=1S/C16H16ClN5OS/c1-11(22-8-2-7-18-22)9-14(23)19-16-21-20-15(24-16)10-12-3-5-13(17)6-4-12/h2-8,11H,9-10H2,1H3,(H,19,21,23)/t11-/m0/s1. The fourth-order valence-electron chi connectivity index (χ4n) is 2.23. The van der Waals surface area contributed by atoms with E-state index in [-0.39, 0.29) is 11.9 Å². The molecular formula is C16H16ClN5OS. The van der Waals surface area contributed by atoms with Crippen molar-refractivity contribution in [3.63, 3.8) is 0 Å². The lowest BCUT2D eigenvalue weighted by Crippen LogP contribution is -2.17. The average molecular weight is 362 g/mol. The summed E-state index contributed by atoms with van der Waals surface area (Å²) in [6.45, 7) is 1.94. The van der Waals surface area contributed by atoms with Gasteiger partial charge >= 0.3 is 0 Å². The Bertz CT molecular complexity index is 800. The smallest absolute Gasteiger partial charge is 0.228 e. The topological polar surface area (TPSA) is 72.7 Å². The van der Waals surface area contributed by atoms with E-state index in [1.807, 2.05) is 43.5 Å². The molecule has 0 aliphatic rings. The molecule has 1 atom stereocenters. The molecule has 0 aliphatic heterocycles. The van der Waals surface area contributed by atoms with Crippen LogP contribution in [-0.4, -0.2) is 25.9 Å². The van der Waals surface area contributed by atoms with Crippen molar-refractivity contribution in [3.05, 3.63) is 58.3 Å². The Morgan fingerprint density at radius 1 is 1.33 bits per heavy atom. The zero-order valence-corrected chi connectivity index (χ0v) is 14.6. The first-order chi connectivity index (χ1) is 11.6. The second-order valence-electron chi connectivity index (χ2n) is 5.39. The quantitative estimate of drug-likeness (QED) is 0.728. The van der Waals surface area contributed by atoms with E-state index in [1.165, 1.54) is 11.3 Å². The molecule has 1 amide bonds. The van der Waals surface area contributed by atoms with Crippen molar-refractivity contribution in [2.45, 2.75) is 25.8 Å². The van der Waals surface area contributed by atoms with E-state index in [4.69, 9.17) is 11.6 Å². The summed E-state index contributed by atoms with van der Waals surface area (Å²) in [5.41, 5.74) is 1.10. The van der Waals surface area contributed by atoms with E-state index >= 15 is 0 Å². The van der Waals surface area contributed by atoms with Gasteiger partial charge in [0.25, 0.3) is 0 Å². The van der Waals surface area contributed by atoms with E-state index in [0.29, 0.717) is 23.0 Å². The lowest BCUT2D eigenvalue weighted by Gasteiger charge is -2.10. The maximum Gasteiger partial charge on any atom is 0.228 e. The fourth-order valence-corrected chi connectivity index (χ4v) is 3.14. The molecule has 0 bridgehead atoms. The summed E-state index contributed by atoms with van der Waals surface area (Å²) in [5, 5.41) is 17.1. The van der Waals surface area contributed by atoms with E-state index < -0.39 is 0 Å². The van der Waals surface area contributed by atoms with Gasteiger partial charge in [-0.25, -0.2) is 0 Å². The molecule has 2 aromatic heterocycles. The van der Waals surface area contributed by atoms with Crippen LogP contribution in [0.3, 0.4) is 0 Å². The second-order valence-corrected chi connectivity index (χ2v) is 6.89. The maximum absolute atomic E-state index is 12.1. The Morgan fingerprint density at radius 3 is 2.83 bits per heavy atom. The summed E-state index contributed by atoms with van der Waals surface area (Å²) >= 11 is 7.25. The summed E-state index contributed by atoms with van der Waals surface area (Å²) in [5.74, 6) is -0.104. The molecule has 0 aliphatic carbocycles. The molecule has 8 heteroatoms. The lowest BCUT2D eigenvalue weighted by molar-refractivity contribution is -0.116. The number of hydrogen-bond acceptors (Lipinski definition) is 5. The number of nitrogens with one attached hydrogen (secondary N) is 1. The Kier molecular flexibility index (Phi) is 5.22. The Hall–Kier alpha value is -2.25. The number of aromatic nitrogens is 4. The lowest BCUT2D eigenvalue weighted by atomic mass is 10.2. The fraction of sp³-hybridized carbons (Fsp3) is 0.250. The van der Waals surface area contributed by atoms with Crippen molar-refractivity contribution in [1.82, 2.24) is 20.0 Å². The van der Waals surface area contributed by atoms with Gasteiger partial charge in [-0.1, -0.05) is 35.1 Å². The third-order valence-corrected chi connectivity index (χ3v) is 4.53. The number of rotatable bonds is 6. The van der Waals surface area contributed by atoms with Crippen LogP contribution >= 0.6 is 22.9 Å². The number of anilines is 1. The Morgan fingerprint density at radius 2 is 2.12 bits per heavy atom. The van der Waals surface area contributed by atoms with Gasteiger partial charge in [-0.05, 0) is 30.7 Å². The van der Waals surface area contributed by atoms with Gasteiger partial charge in [0.15, 0.2) is 0 Å². The molecule has 3 rings (SSSR count). The minimum Gasteiger partial charge on any atom is -0.300 e. The van der Waals surface area contributed by atoms with Crippen molar-refractivity contribution in [1.29, 1.82) is 0 Å². The number of nitrogens with zero attached hydrogens (tertiary/aromatic N) is 4. The van der Waals surface area contributed by atoms with Gasteiger partial charge in [0.1, 0.15) is 5.01 Å². The van der Waals surface area contributed by atoms with Crippen LogP contribution in [0.4, 0.5) is 5.13 Å². The molecule has 6 nitrogen and oxygen atoms in total. The summed E-state index contributed by atoms with van der Waals surface area (Å²) in [7, 11) is 0. The molecule has 24 heavy (non-hydrogen) atoms. The highest BCUT2D eigenvalue weighted by molar-refractivity contribution is 7.15. The largest absolute Gasteiger partial charge is 0.300 e. The normalized spacial score (nSPS) is 12.1. The number of hydrogen-bond donors (Lipinski definition) is 1. The van der Waals surface area contributed by atoms with Crippen LogP contribution in [-0.2, 0) is 11.2 Å². The van der Waals surface area contributed by atoms with Gasteiger partial charge in [-0.15, -0.1) is 10.2 Å². The zero-order chi connectivity index (χ0) is 16.9. The predicted molar refractivity (Wildman–Crippen MR) is 94.4 cm³/mol. The highest BCUT2D eigenvalue weighted by atomic mass is 35.5. The summed E-state index contributed by atoms with van der Waals surface area (Å²) in [4.78, 5) is 12.1. The monoisotopic (exact) mass is 361 g/mol. The highest BCUT2D eigenvalue weighted by Gasteiger charge is 2.13. The molecular weight excluding hydrogens is 346 g/mol. The number of carbonyl (C=O) groups excluding carboxylic acids is 1. The number of carbonyl (C=O) groups is 1. The van der Waals surface area contributed by atoms with Crippen LogP contribution in [0.2, 0.25) is 5.02 Å². The molecule has 0 radical (unpaired) electrons. The Labute approximate surface area is 148 Å². The molecule has 0 unspecified atom stereocenters. The van der Waals surface area contributed by atoms with Crippen LogP contribution in [0.25, 0.3) is 0 Å². The highest BCUT2D eigenvalue weighted by Crippen LogP contribution is 2.20. The van der Waals surface area contributed by atoms with Crippen LogP contribution in [0.15, 0.2) is 42.7 Å². The van der Waals surface area contributed by atoms with Gasteiger partial charge in [0, 0.05) is 30.3 Å². The van der Waals surface area contributed by atoms with Gasteiger partial charge in [-0.3, -0.25) is 9.48 Å². The molecule has 0 saturated heterocycles. The molecule has 3 aromatic rings. The molecule has 1 N–H and O–H groups in total. The number of benzene rings is 1. The van der Waals surface area contributed by atoms with Gasteiger partial charge in [0.2, 0.25) is 11.0 Å². The molecule has 1 aromatic carbocycles. The minimum absolute atomic E-state index is 0.0125. The first kappa shape index (κ1) is 16.6. The van der Waals surface area contributed by atoms with Crippen LogP contribution < -0.4 is 5.32 Å². The SMILES string of the molecule is C[C@@H](CC(=O)Nc1nnc(Cc2ccc(Cl)cc2)s1)n1cccn1. The molecule has 2 heterocycles. The van der Waals surface area contributed by atoms with E-state index in [1.54, 1.807) is 10.9 Å². The van der Waals surface area contributed by atoms with Crippen molar-refractivity contribution >= 4 is 34.0 Å². The Balaban J connectivity index is 1.55. The first-order valence-corrected chi connectivity index (χ1v) is 8.65. The van der Waals surface area contributed by atoms with Crippen LogP contribution in [0.5, 0.6) is 0 Å². The van der Waals surface area contributed by atoms with Gasteiger partial charge in [0.05, 0.1) is 6.04 Å². The molecule has 0 spiro atoms. The molecule has 0 fully saturated rings. The van der Waals surface area contributed by atoms with Gasteiger partial charge < -0.3 is 5.32 Å².